The van der Waals surface area contributed by atoms with Crippen LogP contribution in [0.3, 0.4) is 0 Å². The van der Waals surface area contributed by atoms with Crippen molar-refractivity contribution in [3.8, 4) is 17.4 Å². The first-order chi connectivity index (χ1) is 11.3. The van der Waals surface area contributed by atoms with Crippen LogP contribution in [0.2, 0.25) is 0 Å². The van der Waals surface area contributed by atoms with Gasteiger partial charge in [-0.25, -0.2) is 9.78 Å². The molecule has 2 heterocycles. The molecule has 0 unspecified atom stereocenters. The van der Waals surface area contributed by atoms with E-state index in [1.54, 1.807) is 23.4 Å². The zero-order valence-corrected chi connectivity index (χ0v) is 12.5. The Balaban J connectivity index is 1.59. The molecule has 0 saturated heterocycles. The Kier molecular flexibility index (Phi) is 3.42. The number of aromatic amines is 1. The van der Waals surface area contributed by atoms with Crippen LogP contribution in [0.5, 0.6) is 5.88 Å². The topological polar surface area (TPSA) is 71.1 Å². The minimum Gasteiger partial charge on any atom is -0.391 e. The van der Waals surface area contributed by atoms with Crippen molar-refractivity contribution in [2.24, 2.45) is 0 Å². The molecule has 1 N–H and O–H groups in total. The summed E-state index contributed by atoms with van der Waals surface area (Å²) in [5.41, 5.74) is 1.59. The van der Waals surface area contributed by atoms with Crippen LogP contribution in [0, 0.1) is 0 Å². The third kappa shape index (κ3) is 2.63. The maximum absolute atomic E-state index is 12.7. The highest BCUT2D eigenvalue weighted by Gasteiger charge is 2.32. The molecular formula is C17H16N4O2. The molecule has 1 aliphatic carbocycles. The number of anilines is 1. The number of ether oxygens (including phenoxy) is 1. The molecule has 0 spiro atoms. The summed E-state index contributed by atoms with van der Waals surface area (Å²) in [4.78, 5) is 25.7. The molecule has 0 aromatic heterocycles. The average Bonchev–Trinajstić information content (AvgIpc) is 2.93. The Labute approximate surface area is 133 Å². The van der Waals surface area contributed by atoms with Gasteiger partial charge in [-0.1, -0.05) is 18.2 Å². The van der Waals surface area contributed by atoms with Gasteiger partial charge in [0.05, 0.1) is 5.69 Å². The molecule has 23 heavy (non-hydrogen) atoms. The van der Waals surface area contributed by atoms with Gasteiger partial charge in [0.2, 0.25) is 5.88 Å². The number of aromatic nitrogens is 3. The van der Waals surface area contributed by atoms with E-state index in [4.69, 9.17) is 4.74 Å². The SMILES string of the molecule is O=C(Oc1cc2[nH]ccnc-2n1)N(c1ccccc1)C1CCC1. The van der Waals surface area contributed by atoms with E-state index in [1.165, 1.54) is 0 Å². The number of hydrogen-bond acceptors (Lipinski definition) is 4. The molecule has 0 bridgehead atoms. The first kappa shape index (κ1) is 13.8. The molecule has 6 heteroatoms. The average molecular weight is 308 g/mol. The Bertz CT molecular complexity index is 752. The minimum atomic E-state index is -0.399. The molecule has 1 amide bonds. The summed E-state index contributed by atoms with van der Waals surface area (Å²) < 4.78 is 5.49. The molecule has 0 atom stereocenters. The van der Waals surface area contributed by atoms with E-state index in [2.05, 4.69) is 15.0 Å². The van der Waals surface area contributed by atoms with Gasteiger partial charge >= 0.3 is 6.09 Å². The summed E-state index contributed by atoms with van der Waals surface area (Å²) in [6.45, 7) is 0. The van der Waals surface area contributed by atoms with Crippen molar-refractivity contribution in [1.82, 2.24) is 15.0 Å². The van der Waals surface area contributed by atoms with E-state index < -0.39 is 6.09 Å². The predicted octanol–water partition coefficient (Wildman–Crippen LogP) is 3.47. The van der Waals surface area contributed by atoms with E-state index in [-0.39, 0.29) is 11.9 Å². The monoisotopic (exact) mass is 308 g/mol. The Morgan fingerprint density at radius 2 is 2.09 bits per heavy atom. The minimum absolute atomic E-state index is 0.193. The van der Waals surface area contributed by atoms with E-state index in [1.807, 2.05) is 30.3 Å². The van der Waals surface area contributed by atoms with Crippen LogP contribution in [0.25, 0.3) is 11.5 Å². The molecule has 0 radical (unpaired) electrons. The number of hydrogen-bond donors (Lipinski definition) is 1. The third-order valence-electron chi connectivity index (χ3n) is 4.10. The lowest BCUT2D eigenvalue weighted by Gasteiger charge is -2.36. The highest BCUT2D eigenvalue weighted by atomic mass is 16.6. The van der Waals surface area contributed by atoms with Crippen LogP contribution in [-0.2, 0) is 0 Å². The number of rotatable bonds is 3. The van der Waals surface area contributed by atoms with Gasteiger partial charge in [0.25, 0.3) is 0 Å². The van der Waals surface area contributed by atoms with Gasteiger partial charge in [-0.15, -0.1) is 0 Å². The molecule has 3 aliphatic rings. The second-order valence-electron chi connectivity index (χ2n) is 5.58. The quantitative estimate of drug-likeness (QED) is 0.804. The number of nitrogens with zero attached hydrogens (tertiary/aromatic N) is 3. The number of H-pyrrole nitrogens is 1. The largest absolute Gasteiger partial charge is 0.421 e. The number of carbonyl (C=O) groups is 1. The number of para-hydroxylation sites is 1. The zero-order valence-electron chi connectivity index (χ0n) is 12.5. The highest BCUT2D eigenvalue weighted by Crippen LogP contribution is 2.31. The predicted molar refractivity (Wildman–Crippen MR) is 85.6 cm³/mol. The smallest absolute Gasteiger partial charge is 0.391 e. The Hall–Kier alpha value is -2.89. The van der Waals surface area contributed by atoms with Gasteiger partial charge in [-0.3, -0.25) is 4.90 Å². The summed E-state index contributed by atoms with van der Waals surface area (Å²) in [6.07, 6.45) is 6.05. The van der Waals surface area contributed by atoms with Crippen LogP contribution in [0.15, 0.2) is 48.8 Å². The Morgan fingerprint density at radius 3 is 2.78 bits per heavy atom. The van der Waals surface area contributed by atoms with Crippen LogP contribution in [0.4, 0.5) is 10.5 Å². The van der Waals surface area contributed by atoms with Gasteiger partial charge in [0.1, 0.15) is 0 Å². The molecule has 1 saturated carbocycles. The fraction of sp³-hybridized carbons (Fsp3) is 0.235. The van der Waals surface area contributed by atoms with Gasteiger partial charge in [0, 0.05) is 30.2 Å². The van der Waals surface area contributed by atoms with Gasteiger partial charge in [0.15, 0.2) is 5.82 Å². The van der Waals surface area contributed by atoms with Crippen LogP contribution >= 0.6 is 0 Å². The molecule has 1 fully saturated rings. The lowest BCUT2D eigenvalue weighted by molar-refractivity contribution is 0.198. The molecule has 4 rings (SSSR count). The summed E-state index contributed by atoms with van der Waals surface area (Å²) in [7, 11) is 0. The maximum atomic E-state index is 12.7. The van der Waals surface area contributed by atoms with Crippen molar-refractivity contribution >= 4 is 11.8 Å². The van der Waals surface area contributed by atoms with Crippen molar-refractivity contribution in [2.45, 2.75) is 25.3 Å². The maximum Gasteiger partial charge on any atom is 0.421 e. The lowest BCUT2D eigenvalue weighted by atomic mass is 9.91. The van der Waals surface area contributed by atoms with Crippen molar-refractivity contribution in [2.75, 3.05) is 4.90 Å². The van der Waals surface area contributed by atoms with Crippen molar-refractivity contribution < 1.29 is 9.53 Å². The number of carbonyl (C=O) groups excluding carboxylic acids is 1. The second kappa shape index (κ2) is 5.72. The van der Waals surface area contributed by atoms with Crippen molar-refractivity contribution in [1.29, 1.82) is 0 Å². The lowest BCUT2D eigenvalue weighted by Crippen LogP contribution is -2.45. The van der Waals surface area contributed by atoms with E-state index in [0.29, 0.717) is 5.82 Å². The molecule has 1 aromatic rings. The van der Waals surface area contributed by atoms with Crippen molar-refractivity contribution in [3.05, 3.63) is 48.8 Å². The molecule has 116 valence electrons. The normalized spacial score (nSPS) is 14.4. The standard InChI is InChI=1S/C17H16N4O2/c22-17(23-15-11-14-16(20-15)19-10-9-18-14)21(13-7-4-8-13)12-5-2-1-3-6-12/h1-3,5-6,9-11,13,18H,4,7-8H2. The number of benzene rings is 1. The summed E-state index contributed by atoms with van der Waals surface area (Å²) >= 11 is 0. The Morgan fingerprint density at radius 1 is 1.26 bits per heavy atom. The first-order valence-corrected chi connectivity index (χ1v) is 7.67. The number of fused-ring (bicyclic) bond motifs is 1. The van der Waals surface area contributed by atoms with Gasteiger partial charge in [-0.05, 0) is 31.4 Å². The summed E-state index contributed by atoms with van der Waals surface area (Å²) in [5, 5.41) is 0. The van der Waals surface area contributed by atoms with Crippen LogP contribution < -0.4 is 9.64 Å². The molecule has 1 aromatic carbocycles. The van der Waals surface area contributed by atoms with Crippen molar-refractivity contribution in [3.63, 3.8) is 0 Å². The summed E-state index contributed by atoms with van der Waals surface area (Å²) in [6, 6.07) is 11.5. The number of nitrogens with one attached hydrogen (secondary N) is 1. The van der Waals surface area contributed by atoms with E-state index in [0.717, 1.165) is 30.6 Å². The highest BCUT2D eigenvalue weighted by molar-refractivity contribution is 5.90. The fourth-order valence-electron chi connectivity index (χ4n) is 2.71. The van der Waals surface area contributed by atoms with Crippen LogP contribution in [-0.4, -0.2) is 27.1 Å². The molecule has 2 aliphatic heterocycles. The molecule has 6 nitrogen and oxygen atoms in total. The van der Waals surface area contributed by atoms with Gasteiger partial charge < -0.3 is 9.72 Å². The van der Waals surface area contributed by atoms with Crippen LogP contribution in [0.1, 0.15) is 19.3 Å². The van der Waals surface area contributed by atoms with E-state index in [9.17, 15) is 4.79 Å². The number of amides is 1. The fourth-order valence-corrected chi connectivity index (χ4v) is 2.71. The third-order valence-corrected chi connectivity index (χ3v) is 4.10. The molecular weight excluding hydrogens is 292 g/mol. The van der Waals surface area contributed by atoms with E-state index >= 15 is 0 Å². The summed E-state index contributed by atoms with van der Waals surface area (Å²) in [5.74, 6) is 0.797. The first-order valence-electron chi connectivity index (χ1n) is 7.67. The van der Waals surface area contributed by atoms with Gasteiger partial charge in [-0.2, -0.15) is 4.98 Å². The second-order valence-corrected chi connectivity index (χ2v) is 5.58. The zero-order chi connectivity index (χ0) is 15.6.